The van der Waals surface area contributed by atoms with Crippen LogP contribution in [0.1, 0.15) is 11.1 Å². The lowest BCUT2D eigenvalue weighted by atomic mass is 10.1. The minimum absolute atomic E-state index is 1.12. The second-order valence-corrected chi connectivity index (χ2v) is 4.39. The Morgan fingerprint density at radius 2 is 1.15 bits per heavy atom. The van der Waals surface area contributed by atoms with Gasteiger partial charge in [-0.25, -0.2) is 0 Å². The van der Waals surface area contributed by atoms with Crippen LogP contribution in [0.15, 0.2) is 97.1 Å². The molecule has 20 heavy (non-hydrogen) atoms. The molecule has 0 heterocycles. The molecule has 2 aromatic carbocycles. The van der Waals surface area contributed by atoms with E-state index < -0.39 is 0 Å². The topological polar surface area (TPSA) is 0 Å². The van der Waals surface area contributed by atoms with Crippen molar-refractivity contribution in [2.75, 3.05) is 0 Å². The molecule has 0 radical (unpaired) electrons. The minimum Gasteiger partial charge on any atom is -0.0990 e. The SMILES string of the molecule is C=CC=C(C=Cc1ccccc1)C=Cc1ccccc1. The summed E-state index contributed by atoms with van der Waals surface area (Å²) in [7, 11) is 0. The quantitative estimate of drug-likeness (QED) is 0.619. The second kappa shape index (κ2) is 7.75. The third kappa shape index (κ3) is 4.58. The highest BCUT2D eigenvalue weighted by Crippen LogP contribution is 2.09. The average molecular weight is 258 g/mol. The van der Waals surface area contributed by atoms with Gasteiger partial charge in [0.25, 0.3) is 0 Å². The normalized spacial score (nSPS) is 10.8. The van der Waals surface area contributed by atoms with Gasteiger partial charge in [-0.05, 0) is 16.7 Å². The summed E-state index contributed by atoms with van der Waals surface area (Å²) in [6.45, 7) is 3.77. The third-order valence-corrected chi connectivity index (χ3v) is 2.85. The average Bonchev–Trinajstić information content (AvgIpc) is 2.52. The zero-order valence-electron chi connectivity index (χ0n) is 11.4. The molecule has 0 bridgehead atoms. The van der Waals surface area contributed by atoms with E-state index in [9.17, 15) is 0 Å². The van der Waals surface area contributed by atoms with Gasteiger partial charge in [-0.3, -0.25) is 0 Å². The molecule has 0 fully saturated rings. The van der Waals surface area contributed by atoms with Gasteiger partial charge in [-0.1, -0.05) is 104 Å². The van der Waals surface area contributed by atoms with Crippen molar-refractivity contribution in [3.8, 4) is 0 Å². The number of hydrogen-bond donors (Lipinski definition) is 0. The zero-order chi connectivity index (χ0) is 14.0. The van der Waals surface area contributed by atoms with Gasteiger partial charge >= 0.3 is 0 Å². The minimum atomic E-state index is 1.12. The summed E-state index contributed by atoms with van der Waals surface area (Å²) in [6.07, 6.45) is 12.2. The zero-order valence-corrected chi connectivity index (χ0v) is 11.4. The number of hydrogen-bond acceptors (Lipinski definition) is 0. The highest BCUT2D eigenvalue weighted by Gasteiger charge is 1.88. The Hall–Kier alpha value is -2.60. The van der Waals surface area contributed by atoms with Crippen LogP contribution in [0, 0.1) is 0 Å². The van der Waals surface area contributed by atoms with E-state index >= 15 is 0 Å². The van der Waals surface area contributed by atoms with Crippen LogP contribution in [0.25, 0.3) is 12.2 Å². The van der Waals surface area contributed by atoms with Gasteiger partial charge in [0, 0.05) is 0 Å². The van der Waals surface area contributed by atoms with E-state index in [2.05, 4.69) is 55.1 Å². The van der Waals surface area contributed by atoms with E-state index in [1.165, 1.54) is 11.1 Å². The van der Waals surface area contributed by atoms with Gasteiger partial charge < -0.3 is 0 Å². The number of benzene rings is 2. The first-order valence-corrected chi connectivity index (χ1v) is 6.67. The summed E-state index contributed by atoms with van der Waals surface area (Å²) in [5.74, 6) is 0. The number of allylic oxidation sites excluding steroid dienone is 5. The van der Waals surface area contributed by atoms with Gasteiger partial charge in [0.05, 0.1) is 0 Å². The molecule has 0 atom stereocenters. The molecule has 0 aromatic heterocycles. The van der Waals surface area contributed by atoms with Crippen molar-refractivity contribution in [2.24, 2.45) is 0 Å². The summed E-state index contributed by atoms with van der Waals surface area (Å²) >= 11 is 0. The highest BCUT2D eigenvalue weighted by molar-refractivity contribution is 5.60. The van der Waals surface area contributed by atoms with E-state index in [1.807, 2.05) is 42.5 Å². The molecule has 0 amide bonds. The smallest absolute Gasteiger partial charge is 0.0256 e. The maximum Gasteiger partial charge on any atom is -0.0256 e. The Labute approximate surface area is 121 Å². The van der Waals surface area contributed by atoms with Crippen LogP contribution in [0.4, 0.5) is 0 Å². The second-order valence-electron chi connectivity index (χ2n) is 4.39. The van der Waals surface area contributed by atoms with E-state index in [-0.39, 0.29) is 0 Å². The van der Waals surface area contributed by atoms with Crippen LogP contribution < -0.4 is 0 Å². The summed E-state index contributed by atoms with van der Waals surface area (Å²) in [4.78, 5) is 0. The molecule has 0 N–H and O–H groups in total. The van der Waals surface area contributed by atoms with Crippen molar-refractivity contribution < 1.29 is 0 Å². The van der Waals surface area contributed by atoms with Crippen LogP contribution in [0.5, 0.6) is 0 Å². The Morgan fingerprint density at radius 1 is 0.700 bits per heavy atom. The molecular weight excluding hydrogens is 240 g/mol. The van der Waals surface area contributed by atoms with E-state index in [0.717, 1.165) is 5.57 Å². The molecule has 0 aliphatic carbocycles. The van der Waals surface area contributed by atoms with Crippen LogP contribution in [-0.2, 0) is 0 Å². The Morgan fingerprint density at radius 3 is 1.55 bits per heavy atom. The molecule has 0 aliphatic heterocycles. The van der Waals surface area contributed by atoms with Gasteiger partial charge in [-0.2, -0.15) is 0 Å². The Bertz CT molecular complexity index is 562. The molecule has 0 spiro atoms. The molecule has 0 saturated carbocycles. The molecule has 0 heteroatoms. The van der Waals surface area contributed by atoms with Crippen molar-refractivity contribution in [2.45, 2.75) is 0 Å². The lowest BCUT2D eigenvalue weighted by Crippen LogP contribution is -1.74. The van der Waals surface area contributed by atoms with Crippen LogP contribution in [-0.4, -0.2) is 0 Å². The maximum absolute atomic E-state index is 3.77. The first-order chi connectivity index (χ1) is 9.88. The molecule has 0 nitrogen and oxygen atoms in total. The Kier molecular flexibility index (Phi) is 5.36. The van der Waals surface area contributed by atoms with Crippen LogP contribution in [0.3, 0.4) is 0 Å². The molecule has 2 aromatic rings. The third-order valence-electron chi connectivity index (χ3n) is 2.85. The van der Waals surface area contributed by atoms with Crippen LogP contribution >= 0.6 is 0 Å². The summed E-state index contributed by atoms with van der Waals surface area (Å²) in [5.41, 5.74) is 3.50. The predicted molar refractivity (Wildman–Crippen MR) is 89.2 cm³/mol. The van der Waals surface area contributed by atoms with Crippen molar-refractivity contribution in [3.63, 3.8) is 0 Å². The molecule has 0 aliphatic rings. The standard InChI is InChI=1S/C20H18/c1-2-9-18(14-16-19-10-5-3-6-11-19)15-17-20-12-7-4-8-13-20/h2-17H,1H2. The number of rotatable bonds is 5. The fourth-order valence-electron chi connectivity index (χ4n) is 1.82. The largest absolute Gasteiger partial charge is 0.0990 e. The van der Waals surface area contributed by atoms with Crippen molar-refractivity contribution >= 4 is 12.2 Å². The highest BCUT2D eigenvalue weighted by atomic mass is 13.9. The molecular formula is C20H18. The van der Waals surface area contributed by atoms with E-state index in [1.54, 1.807) is 6.08 Å². The maximum atomic E-state index is 3.77. The molecule has 98 valence electrons. The van der Waals surface area contributed by atoms with Gasteiger partial charge in [0.15, 0.2) is 0 Å². The first-order valence-electron chi connectivity index (χ1n) is 6.67. The van der Waals surface area contributed by atoms with Gasteiger partial charge in [0.2, 0.25) is 0 Å². The fraction of sp³-hybridized carbons (Fsp3) is 0. The fourth-order valence-corrected chi connectivity index (χ4v) is 1.82. The summed E-state index contributed by atoms with van der Waals surface area (Å²) in [5, 5.41) is 0. The summed E-state index contributed by atoms with van der Waals surface area (Å²) in [6, 6.07) is 20.5. The Balaban J connectivity index is 2.12. The van der Waals surface area contributed by atoms with Gasteiger partial charge in [0.1, 0.15) is 0 Å². The van der Waals surface area contributed by atoms with Gasteiger partial charge in [-0.15, -0.1) is 0 Å². The molecule has 0 saturated heterocycles. The summed E-state index contributed by atoms with van der Waals surface area (Å²) < 4.78 is 0. The van der Waals surface area contributed by atoms with Crippen molar-refractivity contribution in [3.05, 3.63) is 108 Å². The molecule has 0 unspecified atom stereocenters. The lowest BCUT2D eigenvalue weighted by Gasteiger charge is -1.95. The predicted octanol–water partition coefficient (Wildman–Crippen LogP) is 5.53. The lowest BCUT2D eigenvalue weighted by molar-refractivity contribution is 1.63. The molecule has 2 rings (SSSR count). The first kappa shape index (κ1) is 13.8. The van der Waals surface area contributed by atoms with Crippen LogP contribution in [0.2, 0.25) is 0 Å². The van der Waals surface area contributed by atoms with Crippen molar-refractivity contribution in [1.82, 2.24) is 0 Å². The van der Waals surface area contributed by atoms with Crippen molar-refractivity contribution in [1.29, 1.82) is 0 Å². The van der Waals surface area contributed by atoms with E-state index in [0.29, 0.717) is 0 Å². The monoisotopic (exact) mass is 258 g/mol. The van der Waals surface area contributed by atoms with E-state index in [4.69, 9.17) is 0 Å².